The second-order valence-electron chi connectivity index (χ2n) is 4.18. The Morgan fingerprint density at radius 3 is 2.59 bits per heavy atom. The summed E-state index contributed by atoms with van der Waals surface area (Å²) in [5.74, 6) is 0.867. The fourth-order valence-electron chi connectivity index (χ4n) is 1.64. The first-order valence-electron chi connectivity index (χ1n) is 6.21. The average Bonchev–Trinajstić information content (AvgIpc) is 2.39. The summed E-state index contributed by atoms with van der Waals surface area (Å²) in [6, 6.07) is 2.44. The van der Waals surface area contributed by atoms with E-state index in [0.29, 0.717) is 11.7 Å². The van der Waals surface area contributed by atoms with Gasteiger partial charge in [0.15, 0.2) is 5.69 Å². The summed E-state index contributed by atoms with van der Waals surface area (Å²) in [6.45, 7) is 7.53. The molecule has 1 aromatic rings. The van der Waals surface area contributed by atoms with Crippen molar-refractivity contribution < 1.29 is 0 Å². The highest BCUT2D eigenvalue weighted by Gasteiger charge is 2.13. The fourth-order valence-corrected chi connectivity index (χ4v) is 1.64. The zero-order valence-corrected chi connectivity index (χ0v) is 10.8. The van der Waals surface area contributed by atoms with Gasteiger partial charge in [-0.05, 0) is 19.8 Å². The summed E-state index contributed by atoms with van der Waals surface area (Å²) >= 11 is 0. The van der Waals surface area contributed by atoms with E-state index < -0.39 is 0 Å². The molecule has 17 heavy (non-hydrogen) atoms. The van der Waals surface area contributed by atoms with Gasteiger partial charge in [0.2, 0.25) is 0 Å². The maximum absolute atomic E-state index is 8.70. The Balaban J connectivity index is 2.84. The summed E-state index contributed by atoms with van der Waals surface area (Å²) in [7, 11) is 0. The van der Waals surface area contributed by atoms with Crippen LogP contribution in [0.3, 0.4) is 0 Å². The largest absolute Gasteiger partial charge is 0.353 e. The molecular formula is C13H20N4. The van der Waals surface area contributed by atoms with E-state index in [-0.39, 0.29) is 0 Å². The molecule has 1 unspecified atom stereocenters. The van der Waals surface area contributed by atoms with Crippen molar-refractivity contribution in [3.63, 3.8) is 0 Å². The number of hydrogen-bond acceptors (Lipinski definition) is 4. The Kier molecular flexibility index (Phi) is 5.41. The van der Waals surface area contributed by atoms with Crippen LogP contribution in [-0.2, 0) is 0 Å². The molecule has 0 radical (unpaired) electrons. The second-order valence-corrected chi connectivity index (χ2v) is 4.18. The lowest BCUT2D eigenvalue weighted by Gasteiger charge is -2.29. The minimum absolute atomic E-state index is 0.369. The Bertz CT molecular complexity index is 366. The molecule has 0 aromatic carbocycles. The summed E-state index contributed by atoms with van der Waals surface area (Å²) in [6.07, 6.45) is 6.62. The minimum atomic E-state index is 0.369. The first kappa shape index (κ1) is 13.4. The van der Waals surface area contributed by atoms with Crippen molar-refractivity contribution in [3.05, 3.63) is 18.1 Å². The number of nitrogens with zero attached hydrogens (tertiary/aromatic N) is 4. The molecule has 4 nitrogen and oxygen atoms in total. The van der Waals surface area contributed by atoms with E-state index in [1.54, 1.807) is 6.20 Å². The van der Waals surface area contributed by atoms with Gasteiger partial charge < -0.3 is 4.90 Å². The van der Waals surface area contributed by atoms with Gasteiger partial charge in [0.05, 0.1) is 12.4 Å². The summed E-state index contributed by atoms with van der Waals surface area (Å²) in [4.78, 5) is 10.7. The molecule has 0 aliphatic carbocycles. The van der Waals surface area contributed by atoms with Crippen molar-refractivity contribution in [2.45, 2.75) is 46.1 Å². The van der Waals surface area contributed by atoms with Crippen molar-refractivity contribution in [1.29, 1.82) is 5.26 Å². The van der Waals surface area contributed by atoms with Crippen molar-refractivity contribution in [2.24, 2.45) is 0 Å². The molecule has 0 saturated heterocycles. The van der Waals surface area contributed by atoms with E-state index in [1.165, 1.54) is 6.20 Å². The number of anilines is 1. The molecule has 1 rings (SSSR count). The third-order valence-electron chi connectivity index (χ3n) is 2.92. The summed E-state index contributed by atoms with van der Waals surface area (Å²) in [5.41, 5.74) is 0.369. The van der Waals surface area contributed by atoms with Crippen molar-refractivity contribution in [3.8, 4) is 6.07 Å². The quantitative estimate of drug-likeness (QED) is 0.756. The van der Waals surface area contributed by atoms with E-state index in [9.17, 15) is 0 Å². The molecule has 4 heteroatoms. The predicted octanol–water partition coefficient (Wildman–Crippen LogP) is 2.75. The van der Waals surface area contributed by atoms with Crippen LogP contribution in [0.2, 0.25) is 0 Å². The molecule has 0 amide bonds. The number of aromatic nitrogens is 2. The Labute approximate surface area is 103 Å². The van der Waals surface area contributed by atoms with Crippen LogP contribution in [-0.4, -0.2) is 22.6 Å². The zero-order valence-electron chi connectivity index (χ0n) is 10.8. The number of rotatable bonds is 6. The molecule has 0 N–H and O–H groups in total. The molecule has 0 aliphatic heterocycles. The van der Waals surface area contributed by atoms with E-state index >= 15 is 0 Å². The van der Waals surface area contributed by atoms with Gasteiger partial charge in [0, 0.05) is 12.6 Å². The van der Waals surface area contributed by atoms with Crippen LogP contribution < -0.4 is 4.90 Å². The standard InChI is InChI=1S/C13H20N4/c1-4-6-7-17(11(3)5-2)13-10-15-12(8-14)9-16-13/h9-11H,4-7H2,1-3H3. The normalized spacial score (nSPS) is 11.9. The molecule has 1 atom stereocenters. The lowest BCUT2D eigenvalue weighted by Crippen LogP contribution is -2.34. The molecular weight excluding hydrogens is 212 g/mol. The molecule has 0 saturated carbocycles. The van der Waals surface area contributed by atoms with Gasteiger partial charge in [-0.1, -0.05) is 20.3 Å². The maximum atomic E-state index is 8.70. The Hall–Kier alpha value is -1.63. The molecule has 0 spiro atoms. The highest BCUT2D eigenvalue weighted by atomic mass is 15.2. The van der Waals surface area contributed by atoms with Gasteiger partial charge in [0.1, 0.15) is 11.9 Å². The second kappa shape index (κ2) is 6.85. The Morgan fingerprint density at radius 1 is 1.35 bits per heavy atom. The van der Waals surface area contributed by atoms with E-state index in [4.69, 9.17) is 5.26 Å². The first-order chi connectivity index (χ1) is 8.22. The van der Waals surface area contributed by atoms with Gasteiger partial charge in [0.25, 0.3) is 0 Å². The third-order valence-corrected chi connectivity index (χ3v) is 2.92. The van der Waals surface area contributed by atoms with Crippen LogP contribution in [0.1, 0.15) is 45.7 Å². The lowest BCUT2D eigenvalue weighted by molar-refractivity contribution is 0.588. The summed E-state index contributed by atoms with van der Waals surface area (Å²) in [5, 5.41) is 8.70. The number of unbranched alkanes of at least 4 members (excludes halogenated alkanes) is 1. The SMILES string of the molecule is CCCCN(c1cnc(C#N)cn1)C(C)CC. The molecule has 1 aromatic heterocycles. The van der Waals surface area contributed by atoms with Crippen LogP contribution in [0.25, 0.3) is 0 Å². The molecule has 1 heterocycles. The molecule has 92 valence electrons. The summed E-state index contributed by atoms with van der Waals surface area (Å²) < 4.78 is 0. The van der Waals surface area contributed by atoms with Gasteiger partial charge >= 0.3 is 0 Å². The topological polar surface area (TPSA) is 52.8 Å². The monoisotopic (exact) mass is 232 g/mol. The van der Waals surface area contributed by atoms with Crippen LogP contribution in [0.15, 0.2) is 12.4 Å². The fraction of sp³-hybridized carbons (Fsp3) is 0.615. The van der Waals surface area contributed by atoms with Gasteiger partial charge in [-0.25, -0.2) is 9.97 Å². The van der Waals surface area contributed by atoms with Crippen LogP contribution in [0.4, 0.5) is 5.82 Å². The van der Waals surface area contributed by atoms with Crippen molar-refractivity contribution in [2.75, 3.05) is 11.4 Å². The zero-order chi connectivity index (χ0) is 12.7. The predicted molar refractivity (Wildman–Crippen MR) is 68.8 cm³/mol. The lowest BCUT2D eigenvalue weighted by atomic mass is 10.2. The van der Waals surface area contributed by atoms with Crippen molar-refractivity contribution in [1.82, 2.24) is 9.97 Å². The minimum Gasteiger partial charge on any atom is -0.353 e. The van der Waals surface area contributed by atoms with Gasteiger partial charge in [-0.2, -0.15) is 5.26 Å². The smallest absolute Gasteiger partial charge is 0.158 e. The first-order valence-corrected chi connectivity index (χ1v) is 6.21. The average molecular weight is 232 g/mol. The van der Waals surface area contributed by atoms with E-state index in [2.05, 4.69) is 35.6 Å². The van der Waals surface area contributed by atoms with E-state index in [1.807, 2.05) is 6.07 Å². The van der Waals surface area contributed by atoms with E-state index in [0.717, 1.165) is 31.6 Å². The molecule has 0 bridgehead atoms. The van der Waals surface area contributed by atoms with Gasteiger partial charge in [-0.15, -0.1) is 0 Å². The molecule has 0 aliphatic rings. The highest BCUT2D eigenvalue weighted by Crippen LogP contribution is 2.15. The number of nitriles is 1. The number of hydrogen-bond donors (Lipinski definition) is 0. The van der Waals surface area contributed by atoms with Crippen LogP contribution in [0.5, 0.6) is 0 Å². The van der Waals surface area contributed by atoms with Crippen LogP contribution in [0, 0.1) is 11.3 Å². The Morgan fingerprint density at radius 2 is 2.12 bits per heavy atom. The molecule has 0 fully saturated rings. The third kappa shape index (κ3) is 3.70. The van der Waals surface area contributed by atoms with Crippen LogP contribution >= 0.6 is 0 Å². The maximum Gasteiger partial charge on any atom is 0.158 e. The van der Waals surface area contributed by atoms with Crippen molar-refractivity contribution >= 4 is 5.82 Å². The van der Waals surface area contributed by atoms with Gasteiger partial charge in [-0.3, -0.25) is 0 Å². The highest BCUT2D eigenvalue weighted by molar-refractivity contribution is 5.38.